The number of carbonyl (C=O) groups excluding carboxylic acids is 1. The van der Waals surface area contributed by atoms with Crippen molar-refractivity contribution in [1.29, 1.82) is 0 Å². The fourth-order valence-electron chi connectivity index (χ4n) is 3.92. The first-order valence-corrected chi connectivity index (χ1v) is 9.62. The number of nitrogens with zero attached hydrogens (tertiary/aromatic N) is 5. The van der Waals surface area contributed by atoms with E-state index in [4.69, 9.17) is 14.7 Å². The Kier molecular flexibility index (Phi) is 4.12. The van der Waals surface area contributed by atoms with Crippen LogP contribution in [0.25, 0.3) is 33.3 Å². The Morgan fingerprint density at radius 1 is 1.14 bits per heavy atom. The SMILES string of the molecule is COC(=O)c1ccc2nc(-c3ccc4[nH]nnc4c3)c(N3CCC[C@@H]3C)nc2c1. The molecule has 146 valence electrons. The monoisotopic (exact) mass is 388 g/mol. The van der Waals surface area contributed by atoms with E-state index >= 15 is 0 Å². The van der Waals surface area contributed by atoms with Gasteiger partial charge in [0.15, 0.2) is 5.82 Å². The lowest BCUT2D eigenvalue weighted by molar-refractivity contribution is 0.0601. The van der Waals surface area contributed by atoms with Crippen LogP contribution >= 0.6 is 0 Å². The molecule has 8 nitrogen and oxygen atoms in total. The van der Waals surface area contributed by atoms with Crippen LogP contribution in [-0.2, 0) is 4.74 Å². The molecule has 0 bridgehead atoms. The molecule has 1 fully saturated rings. The summed E-state index contributed by atoms with van der Waals surface area (Å²) in [5, 5.41) is 10.9. The Bertz CT molecular complexity index is 1230. The zero-order valence-electron chi connectivity index (χ0n) is 16.2. The molecule has 1 aliphatic rings. The Morgan fingerprint density at radius 2 is 2.03 bits per heavy atom. The Labute approximate surface area is 166 Å². The normalized spacial score (nSPS) is 16.6. The number of esters is 1. The number of methoxy groups -OCH3 is 1. The molecule has 1 atom stereocenters. The molecule has 1 N–H and O–H groups in total. The maximum atomic E-state index is 11.9. The van der Waals surface area contributed by atoms with E-state index in [0.29, 0.717) is 17.1 Å². The summed E-state index contributed by atoms with van der Waals surface area (Å²) in [7, 11) is 1.37. The molecular formula is C21H20N6O2. The van der Waals surface area contributed by atoms with Crippen molar-refractivity contribution in [2.45, 2.75) is 25.8 Å². The minimum Gasteiger partial charge on any atom is -0.465 e. The summed E-state index contributed by atoms with van der Waals surface area (Å²) < 4.78 is 4.85. The second kappa shape index (κ2) is 6.80. The maximum absolute atomic E-state index is 11.9. The van der Waals surface area contributed by atoms with Crippen molar-refractivity contribution in [1.82, 2.24) is 25.4 Å². The number of hydrogen-bond acceptors (Lipinski definition) is 7. The van der Waals surface area contributed by atoms with Gasteiger partial charge in [0.25, 0.3) is 0 Å². The van der Waals surface area contributed by atoms with Gasteiger partial charge in [-0.3, -0.25) is 5.10 Å². The van der Waals surface area contributed by atoms with E-state index in [1.54, 1.807) is 12.1 Å². The van der Waals surface area contributed by atoms with Gasteiger partial charge in [-0.15, -0.1) is 5.10 Å². The zero-order chi connectivity index (χ0) is 20.0. The molecule has 3 heterocycles. The molecule has 1 saturated heterocycles. The Balaban J connectivity index is 1.73. The van der Waals surface area contributed by atoms with Crippen molar-refractivity contribution >= 4 is 33.9 Å². The smallest absolute Gasteiger partial charge is 0.337 e. The largest absolute Gasteiger partial charge is 0.465 e. The van der Waals surface area contributed by atoms with Crippen molar-refractivity contribution in [2.75, 3.05) is 18.6 Å². The number of aromatic amines is 1. The van der Waals surface area contributed by atoms with Gasteiger partial charge >= 0.3 is 5.97 Å². The number of H-pyrrole nitrogens is 1. The molecule has 0 saturated carbocycles. The fourth-order valence-corrected chi connectivity index (χ4v) is 3.92. The van der Waals surface area contributed by atoms with Gasteiger partial charge in [0.2, 0.25) is 0 Å². The summed E-state index contributed by atoms with van der Waals surface area (Å²) in [5.74, 6) is 0.442. The molecule has 0 amide bonds. The van der Waals surface area contributed by atoms with Crippen LogP contribution in [0.5, 0.6) is 0 Å². The van der Waals surface area contributed by atoms with Gasteiger partial charge in [0.05, 0.1) is 29.2 Å². The first-order valence-electron chi connectivity index (χ1n) is 9.62. The van der Waals surface area contributed by atoms with Crippen LogP contribution < -0.4 is 4.90 Å². The van der Waals surface area contributed by atoms with Crippen LogP contribution in [0.2, 0.25) is 0 Å². The highest BCUT2D eigenvalue weighted by molar-refractivity contribution is 5.95. The van der Waals surface area contributed by atoms with Crippen LogP contribution in [0.1, 0.15) is 30.1 Å². The van der Waals surface area contributed by atoms with E-state index < -0.39 is 0 Å². The molecule has 2 aromatic heterocycles. The Hall–Kier alpha value is -3.55. The van der Waals surface area contributed by atoms with Gasteiger partial charge < -0.3 is 9.64 Å². The van der Waals surface area contributed by atoms with Crippen LogP contribution in [0.3, 0.4) is 0 Å². The number of rotatable bonds is 3. The van der Waals surface area contributed by atoms with E-state index in [-0.39, 0.29) is 5.97 Å². The third-order valence-electron chi connectivity index (χ3n) is 5.49. The van der Waals surface area contributed by atoms with Crippen LogP contribution in [0.15, 0.2) is 36.4 Å². The van der Waals surface area contributed by atoms with Crippen molar-refractivity contribution < 1.29 is 9.53 Å². The summed E-state index contributed by atoms with van der Waals surface area (Å²) >= 11 is 0. The van der Waals surface area contributed by atoms with Crippen molar-refractivity contribution in [2.24, 2.45) is 0 Å². The molecule has 0 aliphatic carbocycles. The summed E-state index contributed by atoms with van der Waals surface area (Å²) in [6.45, 7) is 3.13. The molecule has 1 aliphatic heterocycles. The van der Waals surface area contributed by atoms with Gasteiger partial charge in [0, 0.05) is 18.2 Å². The number of anilines is 1. The lowest BCUT2D eigenvalue weighted by Gasteiger charge is -2.25. The fraction of sp³-hybridized carbons (Fsp3) is 0.286. The molecule has 0 unspecified atom stereocenters. The number of hydrogen-bond donors (Lipinski definition) is 1. The lowest BCUT2D eigenvalue weighted by atomic mass is 10.1. The van der Waals surface area contributed by atoms with Crippen molar-refractivity contribution in [3.05, 3.63) is 42.0 Å². The highest BCUT2D eigenvalue weighted by Gasteiger charge is 2.26. The minimum absolute atomic E-state index is 0.375. The van der Waals surface area contributed by atoms with Gasteiger partial charge in [-0.05, 0) is 50.1 Å². The number of ether oxygens (including phenoxy) is 1. The van der Waals surface area contributed by atoms with Crippen LogP contribution in [0, 0.1) is 0 Å². The quantitative estimate of drug-likeness (QED) is 0.538. The van der Waals surface area contributed by atoms with E-state index in [1.165, 1.54) is 7.11 Å². The predicted octanol–water partition coefficient (Wildman–Crippen LogP) is 3.34. The first-order chi connectivity index (χ1) is 14.1. The van der Waals surface area contributed by atoms with E-state index in [9.17, 15) is 4.79 Å². The highest BCUT2D eigenvalue weighted by atomic mass is 16.5. The number of aromatic nitrogens is 5. The van der Waals surface area contributed by atoms with Gasteiger partial charge in [-0.2, -0.15) is 0 Å². The summed E-state index contributed by atoms with van der Waals surface area (Å²) in [5.41, 5.74) is 5.27. The van der Waals surface area contributed by atoms with Gasteiger partial charge in [-0.25, -0.2) is 14.8 Å². The zero-order valence-corrected chi connectivity index (χ0v) is 16.2. The van der Waals surface area contributed by atoms with E-state index in [2.05, 4.69) is 27.2 Å². The molecule has 29 heavy (non-hydrogen) atoms. The van der Waals surface area contributed by atoms with Crippen molar-refractivity contribution in [3.8, 4) is 11.3 Å². The average Bonchev–Trinajstić information content (AvgIpc) is 3.39. The predicted molar refractivity (Wildman–Crippen MR) is 110 cm³/mol. The number of nitrogens with one attached hydrogen (secondary N) is 1. The molecule has 0 radical (unpaired) electrons. The number of fused-ring (bicyclic) bond motifs is 2. The number of benzene rings is 2. The molecule has 2 aromatic carbocycles. The third kappa shape index (κ3) is 2.97. The standard InChI is InChI=1S/C21H20N6O2/c1-12-4-3-9-27(12)20-19(13-5-8-16-18(10-13)25-26-24-16)22-15-7-6-14(21(28)29-2)11-17(15)23-20/h5-8,10-12H,3-4,9H2,1-2H3,(H,24,25,26)/t12-/m0/s1. The first kappa shape index (κ1) is 17.5. The second-order valence-electron chi connectivity index (χ2n) is 7.32. The topological polar surface area (TPSA) is 96.9 Å². The maximum Gasteiger partial charge on any atom is 0.337 e. The molecule has 0 spiro atoms. The van der Waals surface area contributed by atoms with E-state index in [1.807, 2.05) is 24.3 Å². The summed E-state index contributed by atoms with van der Waals surface area (Å²) in [4.78, 5) is 24.1. The average molecular weight is 388 g/mol. The molecule has 4 aromatic rings. The molecule has 8 heteroatoms. The van der Waals surface area contributed by atoms with Crippen LogP contribution in [0.4, 0.5) is 5.82 Å². The lowest BCUT2D eigenvalue weighted by Crippen LogP contribution is -2.28. The van der Waals surface area contributed by atoms with Crippen molar-refractivity contribution in [3.63, 3.8) is 0 Å². The molecular weight excluding hydrogens is 368 g/mol. The summed E-state index contributed by atoms with van der Waals surface area (Å²) in [6, 6.07) is 11.6. The van der Waals surface area contributed by atoms with Gasteiger partial charge in [0.1, 0.15) is 11.2 Å². The third-order valence-corrected chi connectivity index (χ3v) is 5.49. The summed E-state index contributed by atoms with van der Waals surface area (Å²) in [6.07, 6.45) is 2.23. The Morgan fingerprint density at radius 3 is 2.83 bits per heavy atom. The highest BCUT2D eigenvalue weighted by Crippen LogP contribution is 2.34. The second-order valence-corrected chi connectivity index (χ2v) is 7.32. The minimum atomic E-state index is -0.384. The van der Waals surface area contributed by atoms with Gasteiger partial charge in [-0.1, -0.05) is 11.3 Å². The van der Waals surface area contributed by atoms with Crippen LogP contribution in [-0.4, -0.2) is 51.0 Å². The molecule has 5 rings (SSSR count). The number of carbonyl (C=O) groups is 1. The van der Waals surface area contributed by atoms with E-state index in [0.717, 1.165) is 53.0 Å².